The van der Waals surface area contributed by atoms with Gasteiger partial charge in [0, 0.05) is 31.8 Å². The number of nitrogens with zero attached hydrogens (tertiary/aromatic N) is 3. The summed E-state index contributed by atoms with van der Waals surface area (Å²) in [7, 11) is 1.73. The molecule has 0 aliphatic carbocycles. The van der Waals surface area contributed by atoms with E-state index in [9.17, 15) is 0 Å². The van der Waals surface area contributed by atoms with Gasteiger partial charge in [0.1, 0.15) is 18.0 Å². The summed E-state index contributed by atoms with van der Waals surface area (Å²) in [6, 6.07) is 0.367. The second-order valence-electron chi connectivity index (χ2n) is 5.82. The van der Waals surface area contributed by atoms with E-state index in [2.05, 4.69) is 54.8 Å². The highest BCUT2D eigenvalue weighted by Gasteiger charge is 2.21. The van der Waals surface area contributed by atoms with Gasteiger partial charge in [0.25, 0.3) is 0 Å². The summed E-state index contributed by atoms with van der Waals surface area (Å²) >= 11 is 0. The SMILES string of the molecule is CCCNc1ncnc(N(CCOC)C(C)C)c1C(C)C. The lowest BCUT2D eigenvalue weighted by atomic mass is 10.0. The van der Waals surface area contributed by atoms with E-state index in [-0.39, 0.29) is 0 Å². The predicted octanol–water partition coefficient (Wildman–Crippen LogP) is 3.28. The molecule has 0 fully saturated rings. The Bertz CT molecular complexity index is 421. The van der Waals surface area contributed by atoms with Crippen molar-refractivity contribution in [2.75, 3.05) is 37.0 Å². The Labute approximate surface area is 129 Å². The van der Waals surface area contributed by atoms with Crippen LogP contribution in [0, 0.1) is 0 Å². The first kappa shape index (κ1) is 17.7. The summed E-state index contributed by atoms with van der Waals surface area (Å²) in [4.78, 5) is 11.3. The van der Waals surface area contributed by atoms with Gasteiger partial charge in [0.15, 0.2) is 0 Å². The molecule has 0 saturated carbocycles. The van der Waals surface area contributed by atoms with Gasteiger partial charge in [-0.1, -0.05) is 20.8 Å². The molecule has 1 aromatic heterocycles. The van der Waals surface area contributed by atoms with Gasteiger partial charge < -0.3 is 15.0 Å². The molecule has 1 N–H and O–H groups in total. The van der Waals surface area contributed by atoms with E-state index in [0.29, 0.717) is 18.6 Å². The second kappa shape index (κ2) is 8.82. The number of nitrogens with one attached hydrogen (secondary N) is 1. The van der Waals surface area contributed by atoms with E-state index >= 15 is 0 Å². The van der Waals surface area contributed by atoms with Crippen molar-refractivity contribution in [1.82, 2.24) is 9.97 Å². The van der Waals surface area contributed by atoms with Crippen molar-refractivity contribution in [2.24, 2.45) is 0 Å². The first-order chi connectivity index (χ1) is 10.0. The van der Waals surface area contributed by atoms with Crippen LogP contribution >= 0.6 is 0 Å². The number of anilines is 2. The molecule has 0 bridgehead atoms. The minimum Gasteiger partial charge on any atom is -0.383 e. The third-order valence-corrected chi connectivity index (χ3v) is 3.41. The Morgan fingerprint density at radius 3 is 2.48 bits per heavy atom. The summed E-state index contributed by atoms with van der Waals surface area (Å²) in [5, 5.41) is 3.43. The molecule has 0 radical (unpaired) electrons. The number of hydrogen-bond acceptors (Lipinski definition) is 5. The van der Waals surface area contributed by atoms with Crippen LogP contribution in [0.3, 0.4) is 0 Å². The molecular formula is C16H30N4O. The monoisotopic (exact) mass is 294 g/mol. The van der Waals surface area contributed by atoms with Gasteiger partial charge in [-0.15, -0.1) is 0 Å². The Morgan fingerprint density at radius 1 is 1.24 bits per heavy atom. The standard InChI is InChI=1S/C16H30N4O/c1-7-8-17-15-14(12(2)3)16(19-11-18-15)20(13(4)5)9-10-21-6/h11-13H,7-10H2,1-6H3,(H,17,18,19). The zero-order chi connectivity index (χ0) is 15.8. The Hall–Kier alpha value is -1.36. The topological polar surface area (TPSA) is 50.3 Å². The fourth-order valence-electron chi connectivity index (χ4n) is 2.33. The number of methoxy groups -OCH3 is 1. The Morgan fingerprint density at radius 2 is 1.95 bits per heavy atom. The molecule has 0 atom stereocenters. The van der Waals surface area contributed by atoms with Crippen LogP contribution in [0.2, 0.25) is 0 Å². The third kappa shape index (κ3) is 4.84. The fourth-order valence-corrected chi connectivity index (χ4v) is 2.33. The molecule has 0 unspecified atom stereocenters. The first-order valence-electron chi connectivity index (χ1n) is 7.87. The smallest absolute Gasteiger partial charge is 0.137 e. The zero-order valence-corrected chi connectivity index (χ0v) is 14.3. The quantitative estimate of drug-likeness (QED) is 0.757. The molecule has 1 aromatic rings. The molecule has 0 aliphatic heterocycles. The van der Waals surface area contributed by atoms with E-state index in [0.717, 1.165) is 31.1 Å². The van der Waals surface area contributed by atoms with Gasteiger partial charge in [0.05, 0.1) is 6.61 Å². The largest absolute Gasteiger partial charge is 0.383 e. The van der Waals surface area contributed by atoms with Crippen LogP contribution in [0.25, 0.3) is 0 Å². The maximum absolute atomic E-state index is 5.24. The lowest BCUT2D eigenvalue weighted by Gasteiger charge is -2.31. The highest BCUT2D eigenvalue weighted by Crippen LogP contribution is 2.31. The minimum absolute atomic E-state index is 0.365. The summed E-state index contributed by atoms with van der Waals surface area (Å²) < 4.78 is 5.24. The van der Waals surface area contributed by atoms with Crippen molar-refractivity contribution < 1.29 is 4.74 Å². The molecule has 21 heavy (non-hydrogen) atoms. The molecule has 120 valence electrons. The highest BCUT2D eigenvalue weighted by molar-refractivity contribution is 5.60. The van der Waals surface area contributed by atoms with Gasteiger partial charge in [-0.3, -0.25) is 0 Å². The Balaban J connectivity index is 3.18. The van der Waals surface area contributed by atoms with Gasteiger partial charge >= 0.3 is 0 Å². The van der Waals surface area contributed by atoms with Gasteiger partial charge in [-0.25, -0.2) is 9.97 Å². The minimum atomic E-state index is 0.365. The normalized spacial score (nSPS) is 11.2. The Kier molecular flexibility index (Phi) is 7.43. The van der Waals surface area contributed by atoms with E-state index in [1.807, 2.05) is 0 Å². The number of rotatable bonds is 9. The number of hydrogen-bond donors (Lipinski definition) is 1. The molecular weight excluding hydrogens is 264 g/mol. The summed E-state index contributed by atoms with van der Waals surface area (Å²) in [5.74, 6) is 2.34. The van der Waals surface area contributed by atoms with Crippen LogP contribution in [0.15, 0.2) is 6.33 Å². The van der Waals surface area contributed by atoms with Crippen molar-refractivity contribution in [3.8, 4) is 0 Å². The van der Waals surface area contributed by atoms with Gasteiger partial charge in [0.2, 0.25) is 0 Å². The predicted molar refractivity (Wildman–Crippen MR) is 89.3 cm³/mol. The summed E-state index contributed by atoms with van der Waals surface area (Å²) in [6.07, 6.45) is 2.73. The van der Waals surface area contributed by atoms with E-state index in [1.165, 1.54) is 5.56 Å². The van der Waals surface area contributed by atoms with Crippen molar-refractivity contribution in [3.63, 3.8) is 0 Å². The van der Waals surface area contributed by atoms with Crippen molar-refractivity contribution in [3.05, 3.63) is 11.9 Å². The summed E-state index contributed by atoms with van der Waals surface area (Å²) in [6.45, 7) is 13.3. The lowest BCUT2D eigenvalue weighted by Crippen LogP contribution is -2.35. The van der Waals surface area contributed by atoms with Crippen LogP contribution in [-0.2, 0) is 4.74 Å². The van der Waals surface area contributed by atoms with E-state index in [1.54, 1.807) is 13.4 Å². The van der Waals surface area contributed by atoms with E-state index in [4.69, 9.17) is 4.74 Å². The first-order valence-corrected chi connectivity index (χ1v) is 7.87. The molecule has 5 nitrogen and oxygen atoms in total. The van der Waals surface area contributed by atoms with Crippen molar-refractivity contribution in [1.29, 1.82) is 0 Å². The van der Waals surface area contributed by atoms with Crippen molar-refractivity contribution in [2.45, 2.75) is 53.0 Å². The van der Waals surface area contributed by atoms with Crippen LogP contribution in [0.4, 0.5) is 11.6 Å². The molecule has 1 heterocycles. The zero-order valence-electron chi connectivity index (χ0n) is 14.3. The van der Waals surface area contributed by atoms with Crippen LogP contribution < -0.4 is 10.2 Å². The van der Waals surface area contributed by atoms with Gasteiger partial charge in [-0.2, -0.15) is 0 Å². The molecule has 0 saturated heterocycles. The van der Waals surface area contributed by atoms with E-state index < -0.39 is 0 Å². The van der Waals surface area contributed by atoms with Crippen LogP contribution in [0.1, 0.15) is 52.5 Å². The third-order valence-electron chi connectivity index (χ3n) is 3.41. The average molecular weight is 294 g/mol. The maximum Gasteiger partial charge on any atom is 0.137 e. The number of aromatic nitrogens is 2. The fraction of sp³-hybridized carbons (Fsp3) is 0.750. The molecule has 1 rings (SSSR count). The molecule has 0 aromatic carbocycles. The maximum atomic E-state index is 5.24. The molecule has 0 aliphatic rings. The summed E-state index contributed by atoms with van der Waals surface area (Å²) in [5.41, 5.74) is 1.19. The van der Waals surface area contributed by atoms with Crippen molar-refractivity contribution >= 4 is 11.6 Å². The molecule has 0 amide bonds. The molecule has 0 spiro atoms. The molecule has 5 heteroatoms. The van der Waals surface area contributed by atoms with Crippen LogP contribution in [-0.4, -0.2) is 42.8 Å². The number of ether oxygens (including phenoxy) is 1. The van der Waals surface area contributed by atoms with Gasteiger partial charge in [-0.05, 0) is 26.2 Å². The second-order valence-corrected chi connectivity index (χ2v) is 5.82. The average Bonchev–Trinajstić information content (AvgIpc) is 2.44. The highest BCUT2D eigenvalue weighted by atomic mass is 16.5. The lowest BCUT2D eigenvalue weighted by molar-refractivity contribution is 0.203. The van der Waals surface area contributed by atoms with Crippen LogP contribution in [0.5, 0.6) is 0 Å².